The van der Waals surface area contributed by atoms with Crippen molar-refractivity contribution in [1.82, 2.24) is 20.2 Å². The molecule has 20 heavy (non-hydrogen) atoms. The molecule has 0 spiro atoms. The Morgan fingerprint density at radius 2 is 2.25 bits per heavy atom. The zero-order valence-corrected chi connectivity index (χ0v) is 10.8. The number of amides is 1. The molecule has 0 radical (unpaired) electrons. The van der Waals surface area contributed by atoms with Crippen molar-refractivity contribution in [3.05, 3.63) is 53.7 Å². The topological polar surface area (TPSA) is 85.8 Å². The third kappa shape index (κ3) is 2.39. The molecule has 0 aliphatic rings. The van der Waals surface area contributed by atoms with Gasteiger partial charge in [0.15, 0.2) is 5.76 Å². The van der Waals surface area contributed by atoms with Crippen LogP contribution in [0.25, 0.3) is 5.69 Å². The van der Waals surface area contributed by atoms with Gasteiger partial charge < -0.3 is 9.73 Å². The first-order valence-corrected chi connectivity index (χ1v) is 5.99. The molecule has 0 saturated heterocycles. The van der Waals surface area contributed by atoms with Gasteiger partial charge in [-0.2, -0.15) is 0 Å². The van der Waals surface area contributed by atoms with Crippen molar-refractivity contribution in [3.63, 3.8) is 0 Å². The lowest BCUT2D eigenvalue weighted by Gasteiger charge is -2.08. The predicted molar refractivity (Wildman–Crippen MR) is 70.8 cm³/mol. The van der Waals surface area contributed by atoms with Gasteiger partial charge in [-0.05, 0) is 40.8 Å². The van der Waals surface area contributed by atoms with E-state index in [9.17, 15) is 4.79 Å². The van der Waals surface area contributed by atoms with Crippen molar-refractivity contribution in [3.8, 4) is 5.69 Å². The molecule has 0 bridgehead atoms. The smallest absolute Gasteiger partial charge is 0.291 e. The fourth-order valence-corrected chi connectivity index (χ4v) is 1.79. The first kappa shape index (κ1) is 12.4. The second-order valence-electron chi connectivity index (χ2n) is 3.85. The minimum absolute atomic E-state index is 0.203. The van der Waals surface area contributed by atoms with Gasteiger partial charge in [0.1, 0.15) is 6.33 Å². The van der Waals surface area contributed by atoms with Crippen LogP contribution in [-0.4, -0.2) is 26.1 Å². The number of rotatable bonds is 3. The molecular weight excluding hydrogens is 282 g/mol. The number of anilines is 1. The number of hydrogen-bond acceptors (Lipinski definition) is 5. The summed E-state index contributed by atoms with van der Waals surface area (Å²) in [7, 11) is 0. The van der Waals surface area contributed by atoms with E-state index in [0.29, 0.717) is 16.4 Å². The molecule has 2 aromatic heterocycles. The van der Waals surface area contributed by atoms with Gasteiger partial charge in [0.05, 0.1) is 22.7 Å². The van der Waals surface area contributed by atoms with Crippen LogP contribution in [0.4, 0.5) is 5.69 Å². The molecule has 1 N–H and O–H groups in total. The maximum absolute atomic E-state index is 11.9. The number of aromatic nitrogens is 4. The Labute approximate surface area is 118 Å². The Morgan fingerprint density at radius 3 is 2.95 bits per heavy atom. The third-order valence-electron chi connectivity index (χ3n) is 2.56. The monoisotopic (exact) mass is 289 g/mol. The van der Waals surface area contributed by atoms with Crippen LogP contribution in [0.3, 0.4) is 0 Å². The molecule has 3 aromatic rings. The predicted octanol–water partition coefficient (Wildman–Crippen LogP) is 2.16. The van der Waals surface area contributed by atoms with Crippen LogP contribution in [0.2, 0.25) is 5.02 Å². The fourth-order valence-electron chi connectivity index (χ4n) is 1.62. The van der Waals surface area contributed by atoms with Gasteiger partial charge in [0.2, 0.25) is 0 Å². The van der Waals surface area contributed by atoms with E-state index in [0.717, 1.165) is 0 Å². The minimum atomic E-state index is -0.384. The number of tetrazole rings is 1. The summed E-state index contributed by atoms with van der Waals surface area (Å²) >= 11 is 6.06. The Hall–Kier alpha value is -2.67. The maximum Gasteiger partial charge on any atom is 0.291 e. The molecule has 3 rings (SSSR count). The SMILES string of the molecule is O=C(Nc1cc(-n2cnnn2)ccc1Cl)c1ccco1. The van der Waals surface area contributed by atoms with Crippen molar-refractivity contribution in [2.75, 3.05) is 5.32 Å². The highest BCUT2D eigenvalue weighted by Crippen LogP contribution is 2.25. The van der Waals surface area contributed by atoms with Gasteiger partial charge in [-0.1, -0.05) is 11.6 Å². The van der Waals surface area contributed by atoms with E-state index < -0.39 is 0 Å². The van der Waals surface area contributed by atoms with Crippen LogP contribution in [0.15, 0.2) is 47.3 Å². The molecule has 0 saturated carbocycles. The summed E-state index contributed by atoms with van der Waals surface area (Å²) in [5.74, 6) is -0.181. The van der Waals surface area contributed by atoms with Gasteiger partial charge >= 0.3 is 0 Å². The number of halogens is 1. The van der Waals surface area contributed by atoms with E-state index in [-0.39, 0.29) is 11.7 Å². The normalized spacial score (nSPS) is 10.4. The summed E-state index contributed by atoms with van der Waals surface area (Å²) in [6.07, 6.45) is 2.87. The number of furan rings is 1. The minimum Gasteiger partial charge on any atom is -0.459 e. The lowest BCUT2D eigenvalue weighted by molar-refractivity contribution is 0.0996. The summed E-state index contributed by atoms with van der Waals surface area (Å²) < 4.78 is 6.47. The van der Waals surface area contributed by atoms with Gasteiger partial charge in [0, 0.05) is 0 Å². The van der Waals surface area contributed by atoms with Gasteiger partial charge in [-0.15, -0.1) is 5.10 Å². The van der Waals surface area contributed by atoms with Gasteiger partial charge in [-0.3, -0.25) is 4.79 Å². The van der Waals surface area contributed by atoms with E-state index in [1.807, 2.05) is 0 Å². The lowest BCUT2D eigenvalue weighted by atomic mass is 10.2. The average molecular weight is 290 g/mol. The van der Waals surface area contributed by atoms with Crippen LogP contribution in [0.5, 0.6) is 0 Å². The third-order valence-corrected chi connectivity index (χ3v) is 2.89. The summed E-state index contributed by atoms with van der Waals surface area (Å²) in [5, 5.41) is 13.9. The molecule has 0 aliphatic carbocycles. The Bertz CT molecular complexity index is 724. The molecular formula is C12H8ClN5O2. The molecule has 0 unspecified atom stereocenters. The van der Waals surface area contributed by atoms with Gasteiger partial charge in [-0.25, -0.2) is 4.68 Å². The summed E-state index contributed by atoms with van der Waals surface area (Å²) in [6, 6.07) is 8.25. The molecule has 0 atom stereocenters. The largest absolute Gasteiger partial charge is 0.459 e. The summed E-state index contributed by atoms with van der Waals surface area (Å²) in [4.78, 5) is 11.9. The molecule has 0 aliphatic heterocycles. The van der Waals surface area contributed by atoms with Crippen LogP contribution >= 0.6 is 11.6 Å². The molecule has 1 aromatic carbocycles. The molecule has 8 heteroatoms. The highest BCUT2D eigenvalue weighted by atomic mass is 35.5. The van der Waals surface area contributed by atoms with Crippen LogP contribution in [0, 0.1) is 0 Å². The first-order chi connectivity index (χ1) is 9.74. The Balaban J connectivity index is 1.89. The zero-order chi connectivity index (χ0) is 13.9. The zero-order valence-electron chi connectivity index (χ0n) is 10.0. The molecule has 7 nitrogen and oxygen atoms in total. The molecule has 1 amide bonds. The highest BCUT2D eigenvalue weighted by Gasteiger charge is 2.12. The van der Waals surface area contributed by atoms with Crippen LogP contribution < -0.4 is 5.32 Å². The lowest BCUT2D eigenvalue weighted by Crippen LogP contribution is -2.11. The average Bonchev–Trinajstić information content (AvgIpc) is 3.14. The fraction of sp³-hybridized carbons (Fsp3) is 0. The van der Waals surface area contributed by atoms with E-state index in [4.69, 9.17) is 16.0 Å². The second-order valence-corrected chi connectivity index (χ2v) is 4.26. The van der Waals surface area contributed by atoms with Crippen molar-refractivity contribution >= 4 is 23.2 Å². The summed E-state index contributed by atoms with van der Waals surface area (Å²) in [5.41, 5.74) is 1.12. The Morgan fingerprint density at radius 1 is 1.35 bits per heavy atom. The first-order valence-electron chi connectivity index (χ1n) is 5.62. The van der Waals surface area contributed by atoms with Crippen LogP contribution in [0.1, 0.15) is 10.6 Å². The van der Waals surface area contributed by atoms with Crippen molar-refractivity contribution in [1.29, 1.82) is 0 Å². The number of nitrogens with one attached hydrogen (secondary N) is 1. The number of hydrogen-bond donors (Lipinski definition) is 1. The highest BCUT2D eigenvalue weighted by molar-refractivity contribution is 6.34. The number of benzene rings is 1. The van der Waals surface area contributed by atoms with Gasteiger partial charge in [0.25, 0.3) is 5.91 Å². The maximum atomic E-state index is 11.9. The van der Waals surface area contributed by atoms with E-state index in [1.165, 1.54) is 17.3 Å². The standard InChI is InChI=1S/C12H8ClN5O2/c13-9-4-3-8(18-7-14-16-17-18)6-10(9)15-12(19)11-2-1-5-20-11/h1-7H,(H,15,19). The number of nitrogens with zero attached hydrogens (tertiary/aromatic N) is 4. The van der Waals surface area contributed by atoms with E-state index in [2.05, 4.69) is 20.8 Å². The quantitative estimate of drug-likeness (QED) is 0.798. The Kier molecular flexibility index (Phi) is 3.18. The van der Waals surface area contributed by atoms with Crippen molar-refractivity contribution in [2.24, 2.45) is 0 Å². The molecule has 0 fully saturated rings. The molecule has 2 heterocycles. The van der Waals surface area contributed by atoms with E-state index in [1.54, 1.807) is 30.3 Å². The molecule has 100 valence electrons. The number of carbonyl (C=O) groups excluding carboxylic acids is 1. The van der Waals surface area contributed by atoms with Crippen molar-refractivity contribution < 1.29 is 9.21 Å². The number of carbonyl (C=O) groups is 1. The summed E-state index contributed by atoms with van der Waals surface area (Å²) in [6.45, 7) is 0. The van der Waals surface area contributed by atoms with Crippen molar-refractivity contribution in [2.45, 2.75) is 0 Å². The van der Waals surface area contributed by atoms with Crippen LogP contribution in [-0.2, 0) is 0 Å². The second kappa shape index (κ2) is 5.14. The van der Waals surface area contributed by atoms with E-state index >= 15 is 0 Å².